The Balaban J connectivity index is 1.28. The minimum absolute atomic E-state index is 0.140. The van der Waals surface area contributed by atoms with Crippen molar-refractivity contribution in [2.75, 3.05) is 6.54 Å². The first kappa shape index (κ1) is 24.1. The van der Waals surface area contributed by atoms with E-state index in [0.717, 1.165) is 43.5 Å². The summed E-state index contributed by atoms with van der Waals surface area (Å²) in [6.45, 7) is 6.95. The molecule has 1 atom stereocenters. The van der Waals surface area contributed by atoms with Gasteiger partial charge in [0.05, 0.1) is 24.4 Å². The lowest BCUT2D eigenvalue weighted by atomic mass is 9.80. The fourth-order valence-corrected chi connectivity index (χ4v) is 5.09. The summed E-state index contributed by atoms with van der Waals surface area (Å²) in [4.78, 5) is 19.5. The third-order valence-corrected chi connectivity index (χ3v) is 7.01. The van der Waals surface area contributed by atoms with Crippen LogP contribution in [0.3, 0.4) is 0 Å². The molecule has 7 nitrogen and oxygen atoms in total. The summed E-state index contributed by atoms with van der Waals surface area (Å²) in [6.07, 6.45) is 4.65. The highest BCUT2D eigenvalue weighted by atomic mass is 35.5. The first-order valence-electron chi connectivity index (χ1n) is 12.5. The third-order valence-electron chi connectivity index (χ3n) is 6.74. The molecule has 1 aliphatic carbocycles. The molecular formula is C27H33ClN4O3. The number of aromatic nitrogens is 3. The van der Waals surface area contributed by atoms with Crippen LogP contribution < -0.4 is 0 Å². The van der Waals surface area contributed by atoms with E-state index in [4.69, 9.17) is 31.2 Å². The van der Waals surface area contributed by atoms with Crippen molar-refractivity contribution in [2.45, 2.75) is 83.1 Å². The lowest BCUT2D eigenvalue weighted by Gasteiger charge is -2.35. The Kier molecular flexibility index (Phi) is 6.73. The Morgan fingerprint density at radius 2 is 1.89 bits per heavy atom. The van der Waals surface area contributed by atoms with Crippen molar-refractivity contribution in [1.29, 1.82) is 0 Å². The Hall–Kier alpha value is -2.64. The highest BCUT2D eigenvalue weighted by molar-refractivity contribution is 6.29. The zero-order valence-electron chi connectivity index (χ0n) is 20.6. The Bertz CT molecular complexity index is 1180. The monoisotopic (exact) mass is 496 g/mol. The van der Waals surface area contributed by atoms with E-state index in [0.29, 0.717) is 29.9 Å². The average Bonchev–Trinajstić information content (AvgIpc) is 3.22. The van der Waals surface area contributed by atoms with Gasteiger partial charge in [0, 0.05) is 24.2 Å². The van der Waals surface area contributed by atoms with Crippen LogP contribution in [0.5, 0.6) is 0 Å². The van der Waals surface area contributed by atoms with Crippen molar-refractivity contribution in [3.05, 3.63) is 64.6 Å². The van der Waals surface area contributed by atoms with Crippen LogP contribution in [0, 0.1) is 0 Å². The first-order valence-corrected chi connectivity index (χ1v) is 12.9. The molecule has 0 N–H and O–H groups in total. The number of halogens is 1. The predicted molar refractivity (Wildman–Crippen MR) is 135 cm³/mol. The summed E-state index contributed by atoms with van der Waals surface area (Å²) in [6, 6.07) is 14.0. The largest absolute Gasteiger partial charge is 0.444 e. The van der Waals surface area contributed by atoms with E-state index in [1.807, 2.05) is 51.1 Å². The number of benzene rings is 1. The zero-order chi connectivity index (χ0) is 24.6. The Morgan fingerprint density at radius 3 is 2.63 bits per heavy atom. The normalized spacial score (nSPS) is 22.7. The van der Waals surface area contributed by atoms with Crippen LogP contribution in [-0.2, 0) is 16.1 Å². The number of ether oxygens (including phenoxy) is 2. The van der Waals surface area contributed by atoms with Crippen LogP contribution in [0.25, 0.3) is 5.65 Å². The smallest absolute Gasteiger partial charge is 0.410 e. The quantitative estimate of drug-likeness (QED) is 0.387. The topological polar surface area (TPSA) is 69.0 Å². The fourth-order valence-electron chi connectivity index (χ4n) is 4.86. The summed E-state index contributed by atoms with van der Waals surface area (Å²) in [5, 5.41) is 5.27. The second kappa shape index (κ2) is 9.78. The molecule has 8 heteroatoms. The summed E-state index contributed by atoms with van der Waals surface area (Å²) in [7, 11) is 0. The van der Waals surface area contributed by atoms with Crippen LogP contribution in [-0.4, -0.2) is 43.8 Å². The van der Waals surface area contributed by atoms with E-state index in [9.17, 15) is 4.79 Å². The molecule has 0 unspecified atom stereocenters. The number of amides is 1. The van der Waals surface area contributed by atoms with Crippen LogP contribution in [0.2, 0.25) is 5.15 Å². The van der Waals surface area contributed by atoms with Gasteiger partial charge in [0.1, 0.15) is 10.8 Å². The van der Waals surface area contributed by atoms with E-state index in [-0.39, 0.29) is 18.2 Å². The maximum atomic E-state index is 12.9. The molecule has 2 fully saturated rings. The van der Waals surface area contributed by atoms with Crippen molar-refractivity contribution in [1.82, 2.24) is 19.5 Å². The molecule has 2 aliphatic rings. The van der Waals surface area contributed by atoms with Crippen molar-refractivity contribution in [3.8, 4) is 0 Å². The number of rotatable bonds is 5. The van der Waals surface area contributed by atoms with Crippen molar-refractivity contribution in [3.63, 3.8) is 0 Å². The fraction of sp³-hybridized carbons (Fsp3) is 0.519. The third kappa shape index (κ3) is 5.46. The molecule has 0 radical (unpaired) electrons. The molecule has 5 rings (SSSR count). The number of piperidine rings is 1. The first-order chi connectivity index (χ1) is 16.8. The predicted octanol–water partition coefficient (Wildman–Crippen LogP) is 6.31. The highest BCUT2D eigenvalue weighted by Gasteiger charge is 2.35. The molecule has 35 heavy (non-hydrogen) atoms. The van der Waals surface area contributed by atoms with Gasteiger partial charge in [-0.2, -0.15) is 5.10 Å². The minimum atomic E-state index is -0.538. The number of carbonyl (C=O) groups excluding carboxylic acids is 1. The van der Waals surface area contributed by atoms with E-state index >= 15 is 0 Å². The minimum Gasteiger partial charge on any atom is -0.444 e. The average molecular weight is 497 g/mol. The Morgan fingerprint density at radius 1 is 1.11 bits per heavy atom. The molecule has 3 aromatic rings. The maximum Gasteiger partial charge on any atom is 0.410 e. The molecule has 1 saturated heterocycles. The standard InChI is InChI=1S/C27H33ClN4O3/c1-27(2,3)35-26(33)31-12-8-7-11-23(31)22-16-25-29-21(15-24(28)32(25)30-22)19-13-20(14-19)34-17-18-9-5-4-6-10-18/h4-6,9-10,15-16,19-20,23H,7-8,11-14,17H2,1-3H3/t19?,20?,23-/m0/s1. The van der Waals surface area contributed by atoms with Gasteiger partial charge in [0.2, 0.25) is 0 Å². The van der Waals surface area contributed by atoms with Crippen LogP contribution in [0.15, 0.2) is 42.5 Å². The second-order valence-corrected chi connectivity index (χ2v) is 11.0. The molecular weight excluding hydrogens is 464 g/mol. The number of nitrogens with zero attached hydrogens (tertiary/aromatic N) is 4. The number of fused-ring (bicyclic) bond motifs is 1. The van der Waals surface area contributed by atoms with Crippen LogP contribution in [0.4, 0.5) is 4.79 Å². The van der Waals surface area contributed by atoms with Gasteiger partial charge in [-0.3, -0.25) is 4.90 Å². The molecule has 0 spiro atoms. The molecule has 3 heterocycles. The van der Waals surface area contributed by atoms with E-state index in [1.165, 1.54) is 5.56 Å². The van der Waals surface area contributed by atoms with Crippen LogP contribution >= 0.6 is 11.6 Å². The van der Waals surface area contributed by atoms with Gasteiger partial charge in [-0.15, -0.1) is 0 Å². The summed E-state index contributed by atoms with van der Waals surface area (Å²) in [5.41, 5.74) is 3.14. The SMILES string of the molecule is CC(C)(C)OC(=O)N1CCCC[C@H]1c1cc2nc(C3CC(OCc4ccccc4)C3)cc(Cl)n2n1. The van der Waals surface area contributed by atoms with Gasteiger partial charge in [-0.1, -0.05) is 41.9 Å². The lowest BCUT2D eigenvalue weighted by molar-refractivity contribution is -0.0214. The maximum absolute atomic E-state index is 12.9. The van der Waals surface area contributed by atoms with E-state index in [1.54, 1.807) is 9.42 Å². The molecule has 2 aromatic heterocycles. The number of hydrogen-bond donors (Lipinski definition) is 0. The van der Waals surface area contributed by atoms with E-state index < -0.39 is 5.60 Å². The van der Waals surface area contributed by atoms with Gasteiger partial charge in [-0.25, -0.2) is 14.3 Å². The summed E-state index contributed by atoms with van der Waals surface area (Å²) < 4.78 is 13.4. The molecule has 1 aliphatic heterocycles. The van der Waals surface area contributed by atoms with Crippen molar-refractivity contribution >= 4 is 23.3 Å². The van der Waals surface area contributed by atoms with E-state index in [2.05, 4.69) is 12.1 Å². The van der Waals surface area contributed by atoms with Gasteiger partial charge in [0.25, 0.3) is 0 Å². The lowest BCUT2D eigenvalue weighted by Crippen LogP contribution is -2.42. The molecule has 1 aromatic carbocycles. The van der Waals surface area contributed by atoms with Gasteiger partial charge in [0.15, 0.2) is 5.65 Å². The van der Waals surface area contributed by atoms with Crippen LogP contribution in [0.1, 0.15) is 81.8 Å². The number of carbonyl (C=O) groups is 1. The van der Waals surface area contributed by atoms with Gasteiger partial charge in [-0.05, 0) is 64.5 Å². The Labute approximate surface area is 211 Å². The number of likely N-dealkylation sites (tertiary alicyclic amines) is 1. The zero-order valence-corrected chi connectivity index (χ0v) is 21.4. The second-order valence-electron chi connectivity index (χ2n) is 10.6. The van der Waals surface area contributed by atoms with Gasteiger partial charge < -0.3 is 9.47 Å². The molecule has 0 bridgehead atoms. The molecule has 1 amide bonds. The number of hydrogen-bond acceptors (Lipinski definition) is 5. The summed E-state index contributed by atoms with van der Waals surface area (Å²) in [5.74, 6) is 0.324. The van der Waals surface area contributed by atoms with Crippen molar-refractivity contribution in [2.24, 2.45) is 0 Å². The highest BCUT2D eigenvalue weighted by Crippen LogP contribution is 2.39. The molecule has 186 valence electrons. The van der Waals surface area contributed by atoms with Gasteiger partial charge >= 0.3 is 6.09 Å². The molecule has 1 saturated carbocycles. The summed E-state index contributed by atoms with van der Waals surface area (Å²) >= 11 is 6.63. The van der Waals surface area contributed by atoms with Crippen molar-refractivity contribution < 1.29 is 14.3 Å².